The Balaban J connectivity index is 1.34. The lowest BCUT2D eigenvalue weighted by Crippen LogP contribution is -2.45. The molecule has 42 heavy (non-hydrogen) atoms. The van der Waals surface area contributed by atoms with E-state index in [9.17, 15) is 36.2 Å². The minimum absolute atomic E-state index is 0.0164. The summed E-state index contributed by atoms with van der Waals surface area (Å²) in [5.74, 6) is -5.78. The summed E-state index contributed by atoms with van der Waals surface area (Å²) in [5.41, 5.74) is 5.32. The molecule has 3 N–H and O–H groups in total. The number of unbranched alkanes of at least 4 members (excludes halogenated alkanes) is 2. The molecule has 0 amide bonds. The number of aliphatic hydroxyl groups is 1. The topological polar surface area (TPSA) is 106 Å². The molecule has 0 bridgehead atoms. The number of ether oxygens (including phenoxy) is 2. The molecular weight excluding hydrogens is 572 g/mol. The molecule has 15 heteroatoms. The molecule has 2 atom stereocenters. The van der Waals surface area contributed by atoms with E-state index in [1.165, 1.54) is 4.90 Å². The van der Waals surface area contributed by atoms with Crippen molar-refractivity contribution < 1.29 is 45.7 Å². The molecular formula is C27H35F6N5O4. The number of hydrogen-bond donors (Lipinski definition) is 2. The number of hydrogen-bond acceptors (Lipinski definition) is 8. The largest absolute Gasteiger partial charge is 0.461 e. The maximum atomic E-state index is 14.0. The summed E-state index contributed by atoms with van der Waals surface area (Å²) < 4.78 is 93.3. The van der Waals surface area contributed by atoms with Crippen LogP contribution in [0.2, 0.25) is 0 Å². The Morgan fingerprint density at radius 3 is 2.48 bits per heavy atom. The quantitative estimate of drug-likeness (QED) is 0.164. The van der Waals surface area contributed by atoms with Gasteiger partial charge in [0.2, 0.25) is 5.82 Å². The van der Waals surface area contributed by atoms with Crippen LogP contribution < -0.4 is 5.73 Å². The van der Waals surface area contributed by atoms with E-state index in [1.54, 1.807) is 0 Å². The zero-order valence-electron chi connectivity index (χ0n) is 23.0. The van der Waals surface area contributed by atoms with Crippen molar-refractivity contribution in [3.8, 4) is 0 Å². The number of benzene rings is 1. The van der Waals surface area contributed by atoms with Crippen LogP contribution in [-0.2, 0) is 35.2 Å². The van der Waals surface area contributed by atoms with Crippen molar-refractivity contribution >= 4 is 5.97 Å². The summed E-state index contributed by atoms with van der Waals surface area (Å²) in [5, 5.41) is 10.8. The van der Waals surface area contributed by atoms with Gasteiger partial charge in [0.05, 0.1) is 25.5 Å². The number of imidazole rings is 1. The second kappa shape index (κ2) is 14.2. The summed E-state index contributed by atoms with van der Waals surface area (Å²) in [6.45, 7) is 3.57. The van der Waals surface area contributed by atoms with Crippen molar-refractivity contribution in [3.63, 3.8) is 0 Å². The fourth-order valence-corrected chi connectivity index (χ4v) is 5.20. The van der Waals surface area contributed by atoms with Crippen molar-refractivity contribution in [2.75, 3.05) is 46.0 Å². The third-order valence-electron chi connectivity index (χ3n) is 7.45. The second-order valence-electron chi connectivity index (χ2n) is 10.5. The number of aromatic nitrogens is 2. The Labute approximate surface area is 239 Å². The smallest absolute Gasteiger partial charge is 0.449 e. The molecule has 9 nitrogen and oxygen atoms in total. The normalized spacial score (nSPS) is 18.1. The van der Waals surface area contributed by atoms with E-state index in [0.717, 1.165) is 37.0 Å². The molecule has 0 spiro atoms. The minimum atomic E-state index is -4.82. The molecule has 1 unspecified atom stereocenters. The van der Waals surface area contributed by atoms with Gasteiger partial charge in [0.1, 0.15) is 12.0 Å². The Kier molecular flexibility index (Phi) is 10.9. The van der Waals surface area contributed by atoms with Gasteiger partial charge in [-0.1, -0.05) is 0 Å². The third kappa shape index (κ3) is 8.22. The molecule has 1 aromatic carbocycles. The lowest BCUT2D eigenvalue weighted by molar-refractivity contribution is -0.148. The van der Waals surface area contributed by atoms with Gasteiger partial charge in [-0.25, -0.2) is 22.9 Å². The second-order valence-corrected chi connectivity index (χ2v) is 10.5. The summed E-state index contributed by atoms with van der Waals surface area (Å²) in [6.07, 6.45) is -4.26. The molecule has 1 aromatic heterocycles. The predicted octanol–water partition coefficient (Wildman–Crippen LogP) is 3.07. The molecule has 1 saturated heterocycles. The summed E-state index contributed by atoms with van der Waals surface area (Å²) >= 11 is 0. The van der Waals surface area contributed by atoms with Crippen LogP contribution in [0.3, 0.4) is 0 Å². The molecule has 3 heterocycles. The fraction of sp³-hybridized carbons (Fsp3) is 0.630. The highest BCUT2D eigenvalue weighted by molar-refractivity contribution is 5.88. The van der Waals surface area contributed by atoms with E-state index in [2.05, 4.69) is 9.88 Å². The van der Waals surface area contributed by atoms with Crippen molar-refractivity contribution in [1.29, 1.82) is 0 Å². The molecule has 234 valence electrons. The number of nitrogens with two attached hydrogens (primary N) is 1. The number of carbonyl (C=O) groups excluding carboxylic acids is 1. The van der Waals surface area contributed by atoms with E-state index in [0.29, 0.717) is 31.8 Å². The van der Waals surface area contributed by atoms with Gasteiger partial charge < -0.3 is 24.9 Å². The summed E-state index contributed by atoms with van der Waals surface area (Å²) in [6, 6.07) is 0.214. The van der Waals surface area contributed by atoms with Gasteiger partial charge >= 0.3 is 12.1 Å². The van der Waals surface area contributed by atoms with Crippen LogP contribution in [-0.4, -0.2) is 88.7 Å². The molecule has 4 rings (SSSR count). The van der Waals surface area contributed by atoms with E-state index in [1.807, 2.05) is 0 Å². The predicted molar refractivity (Wildman–Crippen MR) is 138 cm³/mol. The van der Waals surface area contributed by atoms with E-state index in [-0.39, 0.29) is 50.3 Å². The fourth-order valence-electron chi connectivity index (χ4n) is 5.20. The van der Waals surface area contributed by atoms with Crippen LogP contribution in [0, 0.1) is 17.5 Å². The maximum Gasteiger partial charge on any atom is 0.449 e. The number of esters is 1. The molecule has 2 aliphatic heterocycles. The number of fused-ring (bicyclic) bond motifs is 1. The van der Waals surface area contributed by atoms with Crippen molar-refractivity contribution in [2.45, 2.75) is 63.6 Å². The van der Waals surface area contributed by atoms with E-state index < -0.39 is 53.4 Å². The number of rotatable bonds is 12. The van der Waals surface area contributed by atoms with Crippen LogP contribution in [0.4, 0.5) is 26.3 Å². The number of alkyl halides is 3. The third-order valence-corrected chi connectivity index (χ3v) is 7.45. The van der Waals surface area contributed by atoms with Crippen LogP contribution in [0.1, 0.15) is 53.3 Å². The average molecular weight is 608 g/mol. The van der Waals surface area contributed by atoms with Gasteiger partial charge in [-0.2, -0.15) is 13.2 Å². The van der Waals surface area contributed by atoms with Crippen molar-refractivity contribution in [1.82, 2.24) is 19.4 Å². The van der Waals surface area contributed by atoms with Crippen LogP contribution >= 0.6 is 0 Å². The number of aliphatic hydroxyl groups excluding tert-OH is 1. The maximum absolute atomic E-state index is 14.0. The standard InChI is InChI=1S/C27H35F6N5O4/c28-19-15-21(30)20(29)13-17(19)12-18(34)14-23(39)37-5-6-38-22(16-37)24(35-26(38)27(31,32)33)25(40)42-9-3-1-2-4-36-7-10-41-11-8-36/h13,15,18,23,39H,1-12,14,16,34H2/t18-,23?/m1/s1. The van der Waals surface area contributed by atoms with Crippen LogP contribution in [0.5, 0.6) is 0 Å². The lowest BCUT2D eigenvalue weighted by Gasteiger charge is -2.34. The Morgan fingerprint density at radius 2 is 1.76 bits per heavy atom. The van der Waals surface area contributed by atoms with Gasteiger partial charge in [0, 0.05) is 51.3 Å². The SMILES string of the molecule is N[C@H](Cc1cc(F)c(F)cc1F)CC(O)N1CCn2c(C(F)(F)F)nc(C(=O)OCCCCCN3CCOCC3)c2C1. The highest BCUT2D eigenvalue weighted by Crippen LogP contribution is 2.33. The molecule has 2 aromatic rings. The molecule has 0 aliphatic carbocycles. The van der Waals surface area contributed by atoms with Gasteiger partial charge in [0.15, 0.2) is 17.3 Å². The lowest BCUT2D eigenvalue weighted by atomic mass is 10.0. The Bertz CT molecular complexity index is 1220. The number of morpholine rings is 1. The zero-order valence-corrected chi connectivity index (χ0v) is 23.0. The first-order valence-corrected chi connectivity index (χ1v) is 13.9. The first-order chi connectivity index (χ1) is 19.9. The Hall–Kier alpha value is -2.72. The van der Waals surface area contributed by atoms with E-state index >= 15 is 0 Å². The number of carbonyl (C=O) groups is 1. The summed E-state index contributed by atoms with van der Waals surface area (Å²) in [7, 11) is 0. The van der Waals surface area contributed by atoms with Crippen molar-refractivity contribution in [2.24, 2.45) is 5.73 Å². The number of halogens is 6. The van der Waals surface area contributed by atoms with Crippen LogP contribution in [0.25, 0.3) is 0 Å². The first-order valence-electron chi connectivity index (χ1n) is 13.9. The molecule has 0 radical (unpaired) electrons. The minimum Gasteiger partial charge on any atom is -0.461 e. The van der Waals surface area contributed by atoms with Crippen molar-refractivity contribution in [3.05, 3.63) is 52.4 Å². The van der Waals surface area contributed by atoms with Gasteiger partial charge in [-0.3, -0.25) is 9.80 Å². The first kappa shape index (κ1) is 32.2. The van der Waals surface area contributed by atoms with Crippen LogP contribution in [0.15, 0.2) is 12.1 Å². The van der Waals surface area contributed by atoms with Gasteiger partial charge in [-0.05, 0) is 43.9 Å². The Morgan fingerprint density at radius 1 is 1.05 bits per heavy atom. The number of nitrogens with zero attached hydrogens (tertiary/aromatic N) is 4. The van der Waals surface area contributed by atoms with E-state index in [4.69, 9.17) is 15.2 Å². The zero-order chi connectivity index (χ0) is 30.4. The molecule has 1 fully saturated rings. The average Bonchev–Trinajstić information content (AvgIpc) is 3.34. The highest BCUT2D eigenvalue weighted by atomic mass is 19.4. The summed E-state index contributed by atoms with van der Waals surface area (Å²) in [4.78, 5) is 20.1. The monoisotopic (exact) mass is 607 g/mol. The molecule has 2 aliphatic rings. The molecule has 0 saturated carbocycles. The highest BCUT2D eigenvalue weighted by Gasteiger charge is 2.42. The van der Waals surface area contributed by atoms with Gasteiger partial charge in [0.25, 0.3) is 0 Å². The van der Waals surface area contributed by atoms with Gasteiger partial charge in [-0.15, -0.1) is 0 Å².